The van der Waals surface area contributed by atoms with Crippen LogP contribution in [0.1, 0.15) is 17.4 Å². The van der Waals surface area contributed by atoms with Crippen LogP contribution in [-0.4, -0.2) is 38.2 Å². The van der Waals surface area contributed by atoms with E-state index in [4.69, 9.17) is 16.3 Å². The number of pyridine rings is 1. The number of hydrogen-bond acceptors (Lipinski definition) is 3. The molecule has 0 aliphatic heterocycles. The molecular weight excluding hydrogens is 451 g/mol. The maximum atomic E-state index is 6.04. The van der Waals surface area contributed by atoms with Gasteiger partial charge in [-0.2, -0.15) is 0 Å². The number of methoxy groups -OCH3 is 1. The van der Waals surface area contributed by atoms with Crippen molar-refractivity contribution >= 4 is 41.5 Å². The van der Waals surface area contributed by atoms with Gasteiger partial charge in [0.1, 0.15) is 0 Å². The van der Waals surface area contributed by atoms with Gasteiger partial charge >= 0.3 is 0 Å². The zero-order chi connectivity index (χ0) is 17.2. The van der Waals surface area contributed by atoms with E-state index in [1.165, 1.54) is 0 Å². The van der Waals surface area contributed by atoms with Crippen LogP contribution in [0.3, 0.4) is 0 Å². The Balaban J connectivity index is 0.00000312. The summed E-state index contributed by atoms with van der Waals surface area (Å²) in [5.41, 5.74) is 2.08. The summed E-state index contributed by atoms with van der Waals surface area (Å²) in [5, 5.41) is 7.25. The molecule has 2 rings (SSSR count). The third-order valence-electron chi connectivity index (χ3n) is 3.58. The Kier molecular flexibility index (Phi) is 10.4. The first kappa shape index (κ1) is 21.7. The van der Waals surface area contributed by atoms with Crippen molar-refractivity contribution < 1.29 is 4.74 Å². The molecule has 0 saturated carbocycles. The van der Waals surface area contributed by atoms with Crippen LogP contribution in [0.5, 0.6) is 0 Å². The molecule has 0 saturated heterocycles. The summed E-state index contributed by atoms with van der Waals surface area (Å²) < 4.78 is 5.55. The molecule has 0 radical (unpaired) electrons. The lowest BCUT2D eigenvalue weighted by atomic mass is 10.1. The van der Waals surface area contributed by atoms with Crippen LogP contribution in [0.2, 0.25) is 5.02 Å². The second kappa shape index (κ2) is 12.1. The van der Waals surface area contributed by atoms with E-state index < -0.39 is 0 Å². The standard InChI is InChI=1S/C18H23ClN4O.HI/c1-20-18(22-11-9-16-8-3-4-10-21-16)23-13-17(24-2)14-6-5-7-15(19)12-14;/h3-8,10,12,17H,9,11,13H2,1-2H3,(H2,20,22,23);1H. The molecule has 0 fully saturated rings. The van der Waals surface area contributed by atoms with E-state index >= 15 is 0 Å². The van der Waals surface area contributed by atoms with Crippen molar-refractivity contribution in [2.24, 2.45) is 4.99 Å². The summed E-state index contributed by atoms with van der Waals surface area (Å²) in [5.74, 6) is 0.731. The molecule has 2 N–H and O–H groups in total. The van der Waals surface area contributed by atoms with Crippen LogP contribution >= 0.6 is 35.6 Å². The normalized spacial score (nSPS) is 12.2. The molecule has 0 amide bonds. The van der Waals surface area contributed by atoms with Gasteiger partial charge in [-0.05, 0) is 29.8 Å². The molecular formula is C18H24ClIN4O. The molecule has 1 unspecified atom stereocenters. The first-order valence-electron chi connectivity index (χ1n) is 7.85. The number of benzene rings is 1. The third-order valence-corrected chi connectivity index (χ3v) is 3.82. The lowest BCUT2D eigenvalue weighted by molar-refractivity contribution is 0.106. The molecule has 2 aromatic rings. The molecule has 1 aromatic heterocycles. The highest BCUT2D eigenvalue weighted by atomic mass is 127. The van der Waals surface area contributed by atoms with E-state index in [-0.39, 0.29) is 30.1 Å². The smallest absolute Gasteiger partial charge is 0.191 e. The Labute approximate surface area is 171 Å². The molecule has 0 bridgehead atoms. The number of rotatable bonds is 7. The zero-order valence-corrected chi connectivity index (χ0v) is 17.5. The Morgan fingerprint density at radius 2 is 2.08 bits per heavy atom. The van der Waals surface area contributed by atoms with Crippen molar-refractivity contribution in [1.82, 2.24) is 15.6 Å². The van der Waals surface area contributed by atoms with Gasteiger partial charge < -0.3 is 15.4 Å². The molecule has 1 heterocycles. The Morgan fingerprint density at radius 3 is 2.72 bits per heavy atom. The monoisotopic (exact) mass is 474 g/mol. The summed E-state index contributed by atoms with van der Waals surface area (Å²) in [6.07, 6.45) is 2.54. The van der Waals surface area contributed by atoms with E-state index in [2.05, 4.69) is 20.6 Å². The largest absolute Gasteiger partial charge is 0.375 e. The summed E-state index contributed by atoms with van der Waals surface area (Å²) in [4.78, 5) is 8.53. The molecule has 5 nitrogen and oxygen atoms in total. The van der Waals surface area contributed by atoms with Crippen LogP contribution in [0.15, 0.2) is 53.7 Å². The number of nitrogens with one attached hydrogen (secondary N) is 2. The van der Waals surface area contributed by atoms with E-state index in [1.807, 2.05) is 42.5 Å². The number of ether oxygens (including phenoxy) is 1. The average molecular weight is 475 g/mol. The maximum absolute atomic E-state index is 6.04. The number of hydrogen-bond donors (Lipinski definition) is 2. The molecule has 0 spiro atoms. The van der Waals surface area contributed by atoms with Crippen molar-refractivity contribution in [3.05, 3.63) is 64.9 Å². The lowest BCUT2D eigenvalue weighted by Gasteiger charge is -2.19. The highest BCUT2D eigenvalue weighted by molar-refractivity contribution is 14.0. The number of halogens is 2. The van der Waals surface area contributed by atoms with Crippen molar-refractivity contribution in [3.63, 3.8) is 0 Å². The van der Waals surface area contributed by atoms with Gasteiger partial charge in [-0.25, -0.2) is 0 Å². The van der Waals surface area contributed by atoms with Gasteiger partial charge in [-0.1, -0.05) is 29.8 Å². The number of aromatic nitrogens is 1. The number of guanidine groups is 1. The number of nitrogens with zero attached hydrogens (tertiary/aromatic N) is 2. The topological polar surface area (TPSA) is 58.5 Å². The number of aliphatic imine (C=N–C) groups is 1. The molecule has 0 aliphatic rings. The molecule has 1 atom stereocenters. The Hall–Kier alpha value is -1.38. The van der Waals surface area contributed by atoms with Gasteiger partial charge in [-0.3, -0.25) is 9.98 Å². The van der Waals surface area contributed by atoms with Crippen molar-refractivity contribution in [2.75, 3.05) is 27.2 Å². The van der Waals surface area contributed by atoms with E-state index in [0.29, 0.717) is 11.6 Å². The molecule has 0 aliphatic carbocycles. The van der Waals surface area contributed by atoms with Gasteiger partial charge in [0.05, 0.1) is 6.10 Å². The fraction of sp³-hybridized carbons (Fsp3) is 0.333. The maximum Gasteiger partial charge on any atom is 0.191 e. The van der Waals surface area contributed by atoms with Crippen molar-refractivity contribution in [2.45, 2.75) is 12.5 Å². The van der Waals surface area contributed by atoms with Gasteiger partial charge in [0.2, 0.25) is 0 Å². The van der Waals surface area contributed by atoms with Crippen molar-refractivity contribution in [1.29, 1.82) is 0 Å². The van der Waals surface area contributed by atoms with Crippen LogP contribution in [0, 0.1) is 0 Å². The fourth-order valence-electron chi connectivity index (χ4n) is 2.31. The van der Waals surface area contributed by atoms with Crippen molar-refractivity contribution in [3.8, 4) is 0 Å². The van der Waals surface area contributed by atoms with Crippen LogP contribution < -0.4 is 10.6 Å². The quantitative estimate of drug-likeness (QED) is 0.367. The SMILES string of the molecule is CN=C(NCCc1ccccn1)NCC(OC)c1cccc(Cl)c1.I. The molecule has 7 heteroatoms. The summed E-state index contributed by atoms with van der Waals surface area (Å²) in [7, 11) is 3.43. The minimum Gasteiger partial charge on any atom is -0.375 e. The average Bonchev–Trinajstić information content (AvgIpc) is 2.61. The highest BCUT2D eigenvalue weighted by Crippen LogP contribution is 2.19. The second-order valence-electron chi connectivity index (χ2n) is 5.23. The van der Waals surface area contributed by atoms with Crippen LogP contribution in [0.25, 0.3) is 0 Å². The van der Waals surface area contributed by atoms with Gasteiger partial charge in [-0.15, -0.1) is 24.0 Å². The second-order valence-corrected chi connectivity index (χ2v) is 5.67. The fourth-order valence-corrected chi connectivity index (χ4v) is 2.51. The molecule has 25 heavy (non-hydrogen) atoms. The summed E-state index contributed by atoms with van der Waals surface area (Å²) >= 11 is 6.04. The van der Waals surface area contributed by atoms with Gasteiger partial charge in [0.25, 0.3) is 0 Å². The highest BCUT2D eigenvalue weighted by Gasteiger charge is 2.11. The lowest BCUT2D eigenvalue weighted by Crippen LogP contribution is -2.40. The molecule has 1 aromatic carbocycles. The zero-order valence-electron chi connectivity index (χ0n) is 14.4. The Morgan fingerprint density at radius 1 is 1.24 bits per heavy atom. The minimum atomic E-state index is -0.0990. The summed E-state index contributed by atoms with van der Waals surface area (Å²) in [6, 6.07) is 13.6. The third kappa shape index (κ3) is 7.58. The van der Waals surface area contributed by atoms with Crippen LogP contribution in [-0.2, 0) is 11.2 Å². The van der Waals surface area contributed by atoms with Gasteiger partial charge in [0.15, 0.2) is 5.96 Å². The predicted molar refractivity (Wildman–Crippen MR) is 114 cm³/mol. The first-order valence-corrected chi connectivity index (χ1v) is 8.23. The predicted octanol–water partition coefficient (Wildman–Crippen LogP) is 3.45. The minimum absolute atomic E-state index is 0. The van der Waals surface area contributed by atoms with E-state index in [1.54, 1.807) is 20.4 Å². The summed E-state index contributed by atoms with van der Waals surface area (Å²) in [6.45, 7) is 1.35. The van der Waals surface area contributed by atoms with Gasteiger partial charge in [0, 0.05) is 50.6 Å². The molecule has 136 valence electrons. The first-order chi connectivity index (χ1) is 11.7. The Bertz CT molecular complexity index is 655. The van der Waals surface area contributed by atoms with Crippen LogP contribution in [0.4, 0.5) is 0 Å². The van der Waals surface area contributed by atoms with E-state index in [9.17, 15) is 0 Å². The van der Waals surface area contributed by atoms with E-state index in [0.717, 1.165) is 30.2 Å².